The minimum atomic E-state index is 0.0146. The number of nitrogen functional groups attached to an aromatic ring is 1. The van der Waals surface area contributed by atoms with Crippen LogP contribution in [0.5, 0.6) is 0 Å². The first-order valence-electron chi connectivity index (χ1n) is 3.27. The summed E-state index contributed by atoms with van der Waals surface area (Å²) in [5.74, 6) is 0.710. The summed E-state index contributed by atoms with van der Waals surface area (Å²) in [5, 5.41) is 7.13. The smallest absolute Gasteiger partial charge is 0.313 e. The van der Waals surface area contributed by atoms with Gasteiger partial charge in [0.05, 0.1) is 5.69 Å². The number of aryl methyl sites for hydroxylation is 1. The van der Waals surface area contributed by atoms with Gasteiger partial charge < -0.3 is 14.6 Å². The minimum absolute atomic E-state index is 0.0146. The van der Waals surface area contributed by atoms with Crippen LogP contribution in [-0.2, 0) is 0 Å². The summed E-state index contributed by atoms with van der Waals surface area (Å²) in [6.07, 6.45) is 1.31. The fourth-order valence-corrected chi connectivity index (χ4v) is 0.834. The lowest BCUT2D eigenvalue weighted by atomic mass is 10.4. The predicted octanol–water partition coefficient (Wildman–Crippen LogP) is 0.615. The molecule has 2 rings (SSSR count). The molecule has 0 spiro atoms. The molecule has 0 radical (unpaired) electrons. The zero-order valence-corrected chi connectivity index (χ0v) is 6.31. The van der Waals surface area contributed by atoms with E-state index in [0.717, 1.165) is 0 Å². The highest BCUT2D eigenvalue weighted by molar-refractivity contribution is 5.47. The van der Waals surface area contributed by atoms with Crippen LogP contribution in [0.3, 0.4) is 0 Å². The molecule has 6 nitrogen and oxygen atoms in total. The Kier molecular flexibility index (Phi) is 1.33. The summed E-state index contributed by atoms with van der Waals surface area (Å²) in [6, 6.07) is 0.0146. The van der Waals surface area contributed by atoms with Crippen LogP contribution >= 0.6 is 0 Å². The molecule has 0 atom stereocenters. The Hall–Kier alpha value is -1.85. The van der Waals surface area contributed by atoms with Crippen LogP contribution in [0.15, 0.2) is 15.2 Å². The molecule has 0 aliphatic carbocycles. The molecule has 62 valence electrons. The maximum Gasteiger partial charge on any atom is 0.313 e. The van der Waals surface area contributed by atoms with E-state index in [1.807, 2.05) is 0 Å². The van der Waals surface area contributed by atoms with E-state index in [1.54, 1.807) is 6.92 Å². The van der Waals surface area contributed by atoms with E-state index >= 15 is 0 Å². The molecule has 0 fully saturated rings. The molecular weight excluding hydrogens is 160 g/mol. The van der Waals surface area contributed by atoms with Crippen molar-refractivity contribution in [2.24, 2.45) is 0 Å². The van der Waals surface area contributed by atoms with Gasteiger partial charge in [0.2, 0.25) is 5.76 Å². The monoisotopic (exact) mass is 166 g/mol. The molecule has 6 heteroatoms. The van der Waals surface area contributed by atoms with Crippen molar-refractivity contribution in [3.8, 4) is 11.7 Å². The molecule has 0 aliphatic rings. The Morgan fingerprint density at radius 2 is 2.25 bits per heavy atom. The van der Waals surface area contributed by atoms with E-state index < -0.39 is 0 Å². The first-order valence-corrected chi connectivity index (χ1v) is 3.27. The van der Waals surface area contributed by atoms with Gasteiger partial charge in [-0.3, -0.25) is 0 Å². The van der Waals surface area contributed by atoms with Gasteiger partial charge in [-0.1, -0.05) is 5.10 Å². The second-order valence-electron chi connectivity index (χ2n) is 2.21. The van der Waals surface area contributed by atoms with Crippen LogP contribution in [0.4, 0.5) is 6.01 Å². The third-order valence-corrected chi connectivity index (χ3v) is 1.38. The lowest BCUT2D eigenvalue weighted by Crippen LogP contribution is -1.81. The van der Waals surface area contributed by atoms with E-state index in [9.17, 15) is 0 Å². The van der Waals surface area contributed by atoms with Crippen LogP contribution in [0.25, 0.3) is 11.7 Å². The highest BCUT2D eigenvalue weighted by atomic mass is 16.4. The molecule has 0 unspecified atom stereocenters. The van der Waals surface area contributed by atoms with E-state index in [-0.39, 0.29) is 11.9 Å². The summed E-state index contributed by atoms with van der Waals surface area (Å²) in [5.41, 5.74) is 5.93. The number of hydrogen-bond donors (Lipinski definition) is 1. The highest BCUT2D eigenvalue weighted by Gasteiger charge is 2.13. The largest absolute Gasteiger partial charge is 0.438 e. The maximum atomic E-state index is 5.23. The van der Waals surface area contributed by atoms with Crippen molar-refractivity contribution in [3.05, 3.63) is 12.1 Å². The fraction of sp³-hybridized carbons (Fsp3) is 0.167. The number of hydrogen-bond acceptors (Lipinski definition) is 6. The topological polar surface area (TPSA) is 91.0 Å². The van der Waals surface area contributed by atoms with Crippen molar-refractivity contribution in [1.82, 2.24) is 15.2 Å². The normalized spacial score (nSPS) is 10.4. The van der Waals surface area contributed by atoms with Gasteiger partial charge in [0.25, 0.3) is 5.89 Å². The Balaban J connectivity index is 2.50. The summed E-state index contributed by atoms with van der Waals surface area (Å²) in [7, 11) is 0. The molecular formula is C6H6N4O2. The molecule has 0 aliphatic heterocycles. The van der Waals surface area contributed by atoms with Crippen molar-refractivity contribution >= 4 is 6.01 Å². The molecule has 12 heavy (non-hydrogen) atoms. The average molecular weight is 166 g/mol. The van der Waals surface area contributed by atoms with Gasteiger partial charge in [-0.05, 0) is 6.92 Å². The Labute approximate surface area is 67.4 Å². The van der Waals surface area contributed by atoms with Gasteiger partial charge in [-0.2, -0.15) is 0 Å². The summed E-state index contributed by atoms with van der Waals surface area (Å²) in [6.45, 7) is 1.78. The van der Waals surface area contributed by atoms with Crippen molar-refractivity contribution in [1.29, 1.82) is 0 Å². The number of nitrogens with zero attached hydrogens (tertiary/aromatic N) is 3. The summed E-state index contributed by atoms with van der Waals surface area (Å²) >= 11 is 0. The highest BCUT2D eigenvalue weighted by Crippen LogP contribution is 2.20. The van der Waals surface area contributed by atoms with Crippen molar-refractivity contribution in [2.75, 3.05) is 5.73 Å². The first kappa shape index (κ1) is 6.84. The third-order valence-electron chi connectivity index (χ3n) is 1.38. The van der Waals surface area contributed by atoms with Crippen LogP contribution in [0.2, 0.25) is 0 Å². The van der Waals surface area contributed by atoms with E-state index in [4.69, 9.17) is 14.6 Å². The quantitative estimate of drug-likeness (QED) is 0.667. The number of aromatic nitrogens is 3. The van der Waals surface area contributed by atoms with Gasteiger partial charge in [-0.15, -0.1) is 5.10 Å². The van der Waals surface area contributed by atoms with Gasteiger partial charge in [-0.25, -0.2) is 4.98 Å². The van der Waals surface area contributed by atoms with Gasteiger partial charge in [0, 0.05) is 0 Å². The van der Waals surface area contributed by atoms with E-state index in [2.05, 4.69) is 15.2 Å². The van der Waals surface area contributed by atoms with Crippen LogP contribution in [-0.4, -0.2) is 15.2 Å². The lowest BCUT2D eigenvalue weighted by molar-refractivity contribution is 0.520. The minimum Gasteiger partial charge on any atom is -0.438 e. The van der Waals surface area contributed by atoms with Crippen LogP contribution < -0.4 is 5.73 Å². The number of anilines is 1. The van der Waals surface area contributed by atoms with Crippen molar-refractivity contribution in [3.63, 3.8) is 0 Å². The number of rotatable bonds is 1. The molecule has 0 saturated heterocycles. The van der Waals surface area contributed by atoms with Crippen molar-refractivity contribution in [2.45, 2.75) is 6.92 Å². The summed E-state index contributed by atoms with van der Waals surface area (Å²) < 4.78 is 9.93. The molecule has 0 bridgehead atoms. The Morgan fingerprint density at radius 3 is 2.75 bits per heavy atom. The van der Waals surface area contributed by atoms with E-state index in [0.29, 0.717) is 11.5 Å². The number of oxazole rings is 1. The molecule has 0 saturated carbocycles. The molecule has 2 aromatic heterocycles. The average Bonchev–Trinajstić information content (AvgIpc) is 2.58. The molecule has 0 amide bonds. The molecule has 2 N–H and O–H groups in total. The maximum absolute atomic E-state index is 5.23. The lowest BCUT2D eigenvalue weighted by Gasteiger charge is -1.85. The van der Waals surface area contributed by atoms with E-state index in [1.165, 1.54) is 6.39 Å². The first-order chi connectivity index (χ1) is 5.77. The number of nitrogens with two attached hydrogens (primary N) is 1. The zero-order chi connectivity index (χ0) is 8.55. The molecule has 2 aromatic rings. The fourth-order valence-electron chi connectivity index (χ4n) is 0.834. The predicted molar refractivity (Wildman–Crippen MR) is 38.9 cm³/mol. The molecule has 2 heterocycles. The van der Waals surface area contributed by atoms with Gasteiger partial charge >= 0.3 is 6.01 Å². The SMILES string of the molecule is Cc1ncoc1-c1nnc(N)o1. The zero-order valence-electron chi connectivity index (χ0n) is 6.31. The Morgan fingerprint density at radius 1 is 1.42 bits per heavy atom. The summed E-state index contributed by atoms with van der Waals surface area (Å²) in [4.78, 5) is 3.87. The Bertz CT molecular complexity index is 392. The van der Waals surface area contributed by atoms with Gasteiger partial charge in [0.1, 0.15) is 0 Å². The van der Waals surface area contributed by atoms with Crippen molar-refractivity contribution < 1.29 is 8.83 Å². The second-order valence-corrected chi connectivity index (χ2v) is 2.21. The standard InChI is InChI=1S/C6H6N4O2/c1-3-4(11-2-8-3)5-9-10-6(7)12-5/h2H,1H3,(H2,7,10). The van der Waals surface area contributed by atoms with Gasteiger partial charge in [0.15, 0.2) is 6.39 Å². The molecule has 0 aromatic carbocycles. The third kappa shape index (κ3) is 0.931. The van der Waals surface area contributed by atoms with Crippen LogP contribution in [0.1, 0.15) is 5.69 Å². The van der Waals surface area contributed by atoms with Crippen LogP contribution in [0, 0.1) is 6.92 Å². The second kappa shape index (κ2) is 2.33.